The zero-order valence-electron chi connectivity index (χ0n) is 11.4. The van der Waals surface area contributed by atoms with Gasteiger partial charge in [-0.1, -0.05) is 5.18 Å². The second-order valence-electron chi connectivity index (χ2n) is 6.24. The van der Waals surface area contributed by atoms with Crippen LogP contribution in [0.15, 0.2) is 5.18 Å². The number of hydrogen-bond acceptors (Lipinski definition) is 5. The van der Waals surface area contributed by atoms with E-state index in [0.29, 0.717) is 19.5 Å². The van der Waals surface area contributed by atoms with Crippen molar-refractivity contribution < 1.29 is 14.3 Å². The summed E-state index contributed by atoms with van der Waals surface area (Å²) in [6.45, 7) is 6.17. The number of nitroso groups, excluding NO2 is 1. The highest BCUT2D eigenvalue weighted by molar-refractivity contribution is 5.90. The number of hydrogen-bond donors (Lipinski definition) is 1. The van der Waals surface area contributed by atoms with E-state index in [1.165, 1.54) is 4.90 Å². The molecule has 0 saturated carbocycles. The molecule has 2 fully saturated rings. The Bertz CT molecular complexity index is 418. The van der Waals surface area contributed by atoms with Gasteiger partial charge in [-0.3, -0.25) is 4.79 Å². The lowest BCUT2D eigenvalue weighted by molar-refractivity contribution is -0.138. The molecule has 2 amide bonds. The van der Waals surface area contributed by atoms with Crippen LogP contribution >= 0.6 is 0 Å². The van der Waals surface area contributed by atoms with Crippen LogP contribution in [0.4, 0.5) is 4.79 Å². The summed E-state index contributed by atoms with van der Waals surface area (Å²) < 4.78 is 5.31. The SMILES string of the molecule is CC(C)(C)OC(=O)N1CC2(CNC2=O)CC1CN=O. The molecule has 2 atom stereocenters. The minimum absolute atomic E-state index is 0.00568. The molecule has 1 spiro atoms. The second kappa shape index (κ2) is 4.47. The summed E-state index contributed by atoms with van der Waals surface area (Å²) in [6, 6.07) is -0.349. The molecular weight excluding hydrogens is 250 g/mol. The van der Waals surface area contributed by atoms with E-state index in [1.54, 1.807) is 20.8 Å². The Morgan fingerprint density at radius 1 is 1.58 bits per heavy atom. The normalized spacial score (nSPS) is 29.9. The Morgan fingerprint density at radius 3 is 2.68 bits per heavy atom. The highest BCUT2D eigenvalue weighted by Gasteiger charge is 2.56. The number of ether oxygens (including phenoxy) is 1. The predicted molar refractivity (Wildman–Crippen MR) is 67.4 cm³/mol. The van der Waals surface area contributed by atoms with Gasteiger partial charge in [0.15, 0.2) is 0 Å². The first-order valence-corrected chi connectivity index (χ1v) is 6.34. The van der Waals surface area contributed by atoms with Gasteiger partial charge in [-0.05, 0) is 27.2 Å². The van der Waals surface area contributed by atoms with E-state index in [1.807, 2.05) is 0 Å². The Balaban J connectivity index is 2.11. The molecule has 7 nitrogen and oxygen atoms in total. The third-order valence-corrected chi connectivity index (χ3v) is 3.52. The van der Waals surface area contributed by atoms with Crippen molar-refractivity contribution in [3.8, 4) is 0 Å². The summed E-state index contributed by atoms with van der Waals surface area (Å²) in [5.74, 6) is -0.0607. The largest absolute Gasteiger partial charge is 0.444 e. The molecule has 0 radical (unpaired) electrons. The van der Waals surface area contributed by atoms with Crippen LogP contribution in [-0.4, -0.2) is 48.2 Å². The van der Waals surface area contributed by atoms with E-state index >= 15 is 0 Å². The molecule has 0 aromatic carbocycles. The van der Waals surface area contributed by atoms with Gasteiger partial charge >= 0.3 is 6.09 Å². The average Bonchev–Trinajstić information content (AvgIpc) is 2.68. The highest BCUT2D eigenvalue weighted by Crippen LogP contribution is 2.39. The second-order valence-corrected chi connectivity index (χ2v) is 6.24. The summed E-state index contributed by atoms with van der Waals surface area (Å²) in [6.07, 6.45) is -0.0122. The first kappa shape index (κ1) is 13.8. The van der Waals surface area contributed by atoms with Gasteiger partial charge in [0.2, 0.25) is 5.91 Å². The van der Waals surface area contributed by atoms with Crippen molar-refractivity contribution in [1.29, 1.82) is 0 Å². The summed E-state index contributed by atoms with van der Waals surface area (Å²) in [7, 11) is 0. The Hall–Kier alpha value is -1.66. The highest BCUT2D eigenvalue weighted by atomic mass is 16.6. The molecule has 2 aliphatic rings. The van der Waals surface area contributed by atoms with Gasteiger partial charge in [0.1, 0.15) is 12.1 Å². The molecule has 106 valence electrons. The van der Waals surface area contributed by atoms with Crippen LogP contribution in [0.1, 0.15) is 27.2 Å². The van der Waals surface area contributed by atoms with Crippen molar-refractivity contribution in [2.24, 2.45) is 10.6 Å². The number of nitrogens with one attached hydrogen (secondary N) is 1. The zero-order valence-corrected chi connectivity index (χ0v) is 11.4. The van der Waals surface area contributed by atoms with Crippen molar-refractivity contribution in [3.05, 3.63) is 4.91 Å². The maximum atomic E-state index is 12.1. The molecule has 2 heterocycles. The maximum Gasteiger partial charge on any atom is 0.410 e. The lowest BCUT2D eigenvalue weighted by Gasteiger charge is -2.37. The lowest BCUT2D eigenvalue weighted by Crippen LogP contribution is -2.60. The van der Waals surface area contributed by atoms with Gasteiger partial charge in [0.25, 0.3) is 0 Å². The summed E-state index contributed by atoms with van der Waals surface area (Å²) >= 11 is 0. The minimum atomic E-state index is -0.603. The number of likely N-dealkylation sites (tertiary alicyclic amines) is 1. The quantitative estimate of drug-likeness (QED) is 0.595. The molecule has 2 unspecified atom stereocenters. The molecule has 1 N–H and O–H groups in total. The number of carbonyl (C=O) groups is 2. The number of β-lactam (4-membered cyclic amide) rings is 1. The van der Waals surface area contributed by atoms with Gasteiger partial charge in [-0.15, -0.1) is 0 Å². The van der Waals surface area contributed by atoms with E-state index in [9.17, 15) is 14.5 Å². The monoisotopic (exact) mass is 269 g/mol. The topological polar surface area (TPSA) is 88.1 Å². The van der Waals surface area contributed by atoms with Crippen molar-refractivity contribution in [3.63, 3.8) is 0 Å². The van der Waals surface area contributed by atoms with Crippen molar-refractivity contribution >= 4 is 12.0 Å². The van der Waals surface area contributed by atoms with Crippen LogP contribution in [0.2, 0.25) is 0 Å². The summed E-state index contributed by atoms with van der Waals surface area (Å²) in [5, 5.41) is 5.55. The first-order valence-electron chi connectivity index (χ1n) is 6.34. The van der Waals surface area contributed by atoms with E-state index < -0.39 is 17.1 Å². The molecule has 0 aliphatic carbocycles. The summed E-state index contributed by atoms with van der Waals surface area (Å²) in [4.78, 5) is 35.7. The third-order valence-electron chi connectivity index (χ3n) is 3.52. The van der Waals surface area contributed by atoms with Crippen LogP contribution in [0.3, 0.4) is 0 Å². The first-order chi connectivity index (χ1) is 8.77. The predicted octanol–water partition coefficient (Wildman–Crippen LogP) is 0.878. The zero-order chi connectivity index (χ0) is 14.3. The molecule has 2 aliphatic heterocycles. The lowest BCUT2D eigenvalue weighted by atomic mass is 9.79. The molecule has 2 saturated heterocycles. The van der Waals surface area contributed by atoms with Gasteiger partial charge in [-0.25, -0.2) is 4.79 Å². The smallest absolute Gasteiger partial charge is 0.410 e. The van der Waals surface area contributed by atoms with Crippen molar-refractivity contribution in [2.75, 3.05) is 19.6 Å². The third kappa shape index (κ3) is 2.54. The van der Waals surface area contributed by atoms with Gasteiger partial charge in [0.05, 0.1) is 11.5 Å². The summed E-state index contributed by atoms with van der Waals surface area (Å²) in [5.41, 5.74) is -1.15. The van der Waals surface area contributed by atoms with Crippen LogP contribution in [0, 0.1) is 10.3 Å². The van der Waals surface area contributed by atoms with Gasteiger partial charge < -0.3 is 15.0 Å². The molecule has 2 rings (SSSR count). The van der Waals surface area contributed by atoms with E-state index in [2.05, 4.69) is 10.5 Å². The Labute approximate surface area is 111 Å². The standard InChI is InChI=1S/C12H19N3O4/c1-11(2,3)19-10(17)15-7-12(6-13-9(12)16)4-8(15)5-14-18/h8H,4-7H2,1-3H3,(H,13,16). The van der Waals surface area contributed by atoms with Crippen LogP contribution in [0.5, 0.6) is 0 Å². The van der Waals surface area contributed by atoms with Crippen molar-refractivity contribution in [2.45, 2.75) is 38.8 Å². The van der Waals surface area contributed by atoms with E-state index in [4.69, 9.17) is 4.74 Å². The molecule has 0 bridgehead atoms. The average molecular weight is 269 g/mol. The van der Waals surface area contributed by atoms with E-state index in [0.717, 1.165) is 0 Å². The molecular formula is C12H19N3O4. The number of rotatable bonds is 2. The fourth-order valence-corrected chi connectivity index (χ4v) is 2.57. The number of amides is 2. The van der Waals surface area contributed by atoms with Crippen LogP contribution < -0.4 is 5.32 Å². The van der Waals surface area contributed by atoms with Gasteiger partial charge in [-0.2, -0.15) is 4.91 Å². The van der Waals surface area contributed by atoms with Crippen molar-refractivity contribution in [1.82, 2.24) is 10.2 Å². The van der Waals surface area contributed by atoms with E-state index in [-0.39, 0.29) is 18.5 Å². The maximum absolute atomic E-state index is 12.1. The molecule has 0 aromatic rings. The fourth-order valence-electron chi connectivity index (χ4n) is 2.57. The van der Waals surface area contributed by atoms with Crippen LogP contribution in [0.25, 0.3) is 0 Å². The number of nitrogens with zero attached hydrogens (tertiary/aromatic N) is 2. The fraction of sp³-hybridized carbons (Fsp3) is 0.833. The Kier molecular flexibility index (Phi) is 3.24. The number of carbonyl (C=O) groups excluding carboxylic acids is 2. The Morgan fingerprint density at radius 2 is 2.26 bits per heavy atom. The van der Waals surface area contributed by atoms with Crippen LogP contribution in [-0.2, 0) is 9.53 Å². The minimum Gasteiger partial charge on any atom is -0.444 e. The molecule has 7 heteroatoms. The molecule has 19 heavy (non-hydrogen) atoms. The molecule has 0 aromatic heterocycles. The van der Waals surface area contributed by atoms with Gasteiger partial charge in [0, 0.05) is 13.1 Å².